The van der Waals surface area contributed by atoms with Crippen LogP contribution in [-0.2, 0) is 4.79 Å². The summed E-state index contributed by atoms with van der Waals surface area (Å²) in [4.78, 5) is 9.96. The van der Waals surface area contributed by atoms with Crippen molar-refractivity contribution in [2.75, 3.05) is 0 Å². The van der Waals surface area contributed by atoms with Crippen LogP contribution in [0.5, 0.6) is 0 Å². The molecule has 5 heteroatoms. The van der Waals surface area contributed by atoms with Crippen LogP contribution in [0.4, 0.5) is 13.2 Å². The molecule has 58 valence electrons. The highest BCUT2D eigenvalue weighted by molar-refractivity contribution is 5.87. The summed E-state index contributed by atoms with van der Waals surface area (Å²) in [6.07, 6.45) is -4.69. The van der Waals surface area contributed by atoms with E-state index < -0.39 is 17.7 Å². The Morgan fingerprint density at radius 2 is 1.90 bits per heavy atom. The fourth-order valence-electron chi connectivity index (χ4n) is 0.274. The summed E-state index contributed by atoms with van der Waals surface area (Å²) in [7, 11) is 0. The van der Waals surface area contributed by atoms with Crippen molar-refractivity contribution in [3.63, 3.8) is 0 Å². The van der Waals surface area contributed by atoms with Crippen LogP contribution in [0.1, 0.15) is 6.92 Å². The van der Waals surface area contributed by atoms with Crippen molar-refractivity contribution < 1.29 is 23.1 Å². The van der Waals surface area contributed by atoms with E-state index in [1.165, 1.54) is 0 Å². The maximum absolute atomic E-state index is 11.3. The third-order valence-electron chi connectivity index (χ3n) is 0.630. The van der Waals surface area contributed by atoms with E-state index in [0.29, 0.717) is 0 Å². The molecule has 0 rings (SSSR count). The van der Waals surface area contributed by atoms with Gasteiger partial charge in [-0.2, -0.15) is 13.2 Å². The third kappa shape index (κ3) is 3.11. The molecule has 0 saturated carbocycles. The lowest BCUT2D eigenvalue weighted by Gasteiger charge is -2.02. The minimum absolute atomic E-state index is 0.125. The molecule has 0 aliphatic rings. The highest BCUT2D eigenvalue weighted by Gasteiger charge is 2.33. The Morgan fingerprint density at radius 1 is 1.50 bits per heavy atom. The number of rotatable bonds is 1. The number of alkyl halides is 3. The molecule has 0 saturated heterocycles. The monoisotopic (exact) mass is 154 g/mol. The maximum atomic E-state index is 11.3. The molecule has 0 atom stereocenters. The van der Waals surface area contributed by atoms with Gasteiger partial charge in [0, 0.05) is 6.08 Å². The Balaban J connectivity index is 4.35. The number of hydrogen-bond acceptors (Lipinski definition) is 2. The van der Waals surface area contributed by atoms with Crippen LogP contribution in [0.2, 0.25) is 0 Å². The maximum Gasteiger partial charge on any atom is 0.448 e. The Morgan fingerprint density at radius 3 is 2.00 bits per heavy atom. The van der Waals surface area contributed by atoms with Crippen molar-refractivity contribution in [2.24, 2.45) is 0 Å². The molecule has 0 heterocycles. The first-order valence-corrected chi connectivity index (χ1v) is 2.32. The molecule has 0 unspecified atom stereocenters. The molecule has 0 aromatic carbocycles. The first-order chi connectivity index (χ1) is 4.34. The summed E-state index contributed by atoms with van der Waals surface area (Å²) in [5, 5.41) is 8.07. The van der Waals surface area contributed by atoms with Crippen LogP contribution < -0.4 is 0 Å². The van der Waals surface area contributed by atoms with Gasteiger partial charge in [0.1, 0.15) is 0 Å². The van der Waals surface area contributed by atoms with Gasteiger partial charge in [0.2, 0.25) is 5.76 Å². The number of allylic oxidation sites excluding steroid dienone is 2. The minimum atomic E-state index is -4.81. The molecule has 0 bridgehead atoms. The number of aliphatic hydroxyl groups is 1. The van der Waals surface area contributed by atoms with Gasteiger partial charge in [-0.3, -0.25) is 4.79 Å². The smallest absolute Gasteiger partial charge is 0.448 e. The molecule has 10 heavy (non-hydrogen) atoms. The highest BCUT2D eigenvalue weighted by Crippen LogP contribution is 2.22. The van der Waals surface area contributed by atoms with Gasteiger partial charge >= 0.3 is 6.18 Å². The predicted molar refractivity (Wildman–Crippen MR) is 27.4 cm³/mol. The van der Waals surface area contributed by atoms with Gasteiger partial charge in [-0.15, -0.1) is 0 Å². The normalized spacial score (nSPS) is 13.4. The second-order valence-electron chi connectivity index (χ2n) is 1.64. The van der Waals surface area contributed by atoms with Crippen LogP contribution in [0.25, 0.3) is 0 Å². The number of aliphatic hydroxyl groups excluding tert-OH is 1. The van der Waals surface area contributed by atoms with E-state index in [-0.39, 0.29) is 6.08 Å². The molecule has 0 amide bonds. The van der Waals surface area contributed by atoms with Gasteiger partial charge in [0.25, 0.3) is 0 Å². The van der Waals surface area contributed by atoms with E-state index in [1.807, 2.05) is 0 Å². The van der Waals surface area contributed by atoms with E-state index in [2.05, 4.69) is 0 Å². The molecular weight excluding hydrogens is 149 g/mol. The Kier molecular flexibility index (Phi) is 2.45. The Bertz CT molecular complexity index is 168. The van der Waals surface area contributed by atoms with Crippen LogP contribution >= 0.6 is 0 Å². The fourth-order valence-corrected chi connectivity index (χ4v) is 0.274. The van der Waals surface area contributed by atoms with E-state index in [1.54, 1.807) is 0 Å². The molecule has 0 aromatic rings. The van der Waals surface area contributed by atoms with Gasteiger partial charge in [0.05, 0.1) is 0 Å². The van der Waals surface area contributed by atoms with Crippen LogP contribution in [0, 0.1) is 0 Å². The number of carbonyl (C=O) groups excluding carboxylic acids is 1. The zero-order valence-electron chi connectivity index (χ0n) is 5.07. The summed E-state index contributed by atoms with van der Waals surface area (Å²) in [6, 6.07) is 0. The molecule has 0 spiro atoms. The highest BCUT2D eigenvalue weighted by atomic mass is 19.4. The fraction of sp³-hybridized carbons (Fsp3) is 0.400. The lowest BCUT2D eigenvalue weighted by Crippen LogP contribution is -2.12. The van der Waals surface area contributed by atoms with Crippen LogP contribution in [-0.4, -0.2) is 17.1 Å². The van der Waals surface area contributed by atoms with Gasteiger partial charge in [-0.1, -0.05) is 0 Å². The summed E-state index contributed by atoms with van der Waals surface area (Å²) in [6.45, 7) is 0.919. The zero-order chi connectivity index (χ0) is 8.36. The average molecular weight is 154 g/mol. The molecule has 2 nitrogen and oxygen atoms in total. The average Bonchev–Trinajstić information content (AvgIpc) is 1.60. The first-order valence-electron chi connectivity index (χ1n) is 2.32. The number of carbonyl (C=O) groups is 1. The van der Waals surface area contributed by atoms with E-state index in [0.717, 1.165) is 6.92 Å². The third-order valence-corrected chi connectivity index (χ3v) is 0.630. The molecule has 0 radical (unpaired) electrons. The molecular formula is C5H5F3O2. The van der Waals surface area contributed by atoms with Crippen LogP contribution in [0.15, 0.2) is 11.8 Å². The molecule has 0 aromatic heterocycles. The second-order valence-corrected chi connectivity index (χ2v) is 1.64. The van der Waals surface area contributed by atoms with Crippen molar-refractivity contribution in [2.45, 2.75) is 13.1 Å². The molecule has 0 aliphatic heterocycles. The van der Waals surface area contributed by atoms with Crippen molar-refractivity contribution in [3.05, 3.63) is 11.8 Å². The van der Waals surface area contributed by atoms with Crippen molar-refractivity contribution in [3.8, 4) is 0 Å². The van der Waals surface area contributed by atoms with Crippen LogP contribution in [0.3, 0.4) is 0 Å². The molecule has 1 N–H and O–H groups in total. The Hall–Kier alpha value is -1.00. The Labute approximate surface area is 55.0 Å². The summed E-state index contributed by atoms with van der Waals surface area (Å²) < 4.78 is 34.0. The zero-order valence-corrected chi connectivity index (χ0v) is 5.07. The number of hydrogen-bond donors (Lipinski definition) is 1. The quantitative estimate of drug-likeness (QED) is 0.459. The standard InChI is InChI=1S/C5H5F3O2/c1-3(9)2-4(10)5(6,7)8/h2,10H,1H3/b4-2+. The minimum Gasteiger partial charge on any atom is -0.504 e. The number of ketones is 1. The SMILES string of the molecule is CC(=O)/C=C(/O)C(F)(F)F. The topological polar surface area (TPSA) is 37.3 Å². The van der Waals surface area contributed by atoms with Gasteiger partial charge in [-0.25, -0.2) is 0 Å². The number of halogens is 3. The summed E-state index contributed by atoms with van der Waals surface area (Å²) in [5.74, 6) is -2.70. The molecule has 0 aliphatic carbocycles. The summed E-state index contributed by atoms with van der Waals surface area (Å²) >= 11 is 0. The predicted octanol–water partition coefficient (Wildman–Crippen LogP) is 1.58. The lowest BCUT2D eigenvalue weighted by molar-refractivity contribution is -0.124. The van der Waals surface area contributed by atoms with Gasteiger partial charge < -0.3 is 5.11 Å². The van der Waals surface area contributed by atoms with Gasteiger partial charge in [-0.05, 0) is 6.92 Å². The van der Waals surface area contributed by atoms with Crippen molar-refractivity contribution in [1.29, 1.82) is 0 Å². The van der Waals surface area contributed by atoms with Crippen molar-refractivity contribution >= 4 is 5.78 Å². The second kappa shape index (κ2) is 2.72. The van der Waals surface area contributed by atoms with E-state index in [4.69, 9.17) is 5.11 Å². The van der Waals surface area contributed by atoms with Crippen molar-refractivity contribution in [1.82, 2.24) is 0 Å². The first kappa shape index (κ1) is 9.00. The van der Waals surface area contributed by atoms with E-state index >= 15 is 0 Å². The van der Waals surface area contributed by atoms with E-state index in [9.17, 15) is 18.0 Å². The summed E-state index contributed by atoms with van der Waals surface area (Å²) in [5.41, 5.74) is 0. The van der Waals surface area contributed by atoms with Gasteiger partial charge in [0.15, 0.2) is 5.78 Å². The molecule has 0 fully saturated rings. The largest absolute Gasteiger partial charge is 0.504 e. The lowest BCUT2D eigenvalue weighted by atomic mass is 10.3.